The maximum atomic E-state index is 6.39. The van der Waals surface area contributed by atoms with Crippen molar-refractivity contribution in [2.45, 2.75) is 24.9 Å². The Kier molecular flexibility index (Phi) is 4.67. The number of rotatable bonds is 2. The second kappa shape index (κ2) is 7.57. The summed E-state index contributed by atoms with van der Waals surface area (Å²) in [5.74, 6) is 0. The summed E-state index contributed by atoms with van der Waals surface area (Å²) < 4.78 is 4.96. The Bertz CT molecular complexity index is 1530. The first-order chi connectivity index (χ1) is 16.5. The molecule has 0 bridgehead atoms. The number of benzene rings is 4. The second-order valence-corrected chi connectivity index (χ2v) is 10.8. The molecule has 2 aromatic heterocycles. The lowest BCUT2D eigenvalue weighted by molar-refractivity contribution is 0.205. The minimum Gasteiger partial charge on any atom is -0.335 e. The van der Waals surface area contributed by atoms with Gasteiger partial charge in [-0.3, -0.25) is 0 Å². The largest absolute Gasteiger partial charge is 0.335 e. The molecule has 1 aliphatic carbocycles. The van der Waals surface area contributed by atoms with Crippen molar-refractivity contribution in [3.05, 3.63) is 92.9 Å². The Balaban J connectivity index is 1.49. The Morgan fingerprint density at radius 2 is 0.706 bits per heavy atom. The quantitative estimate of drug-likeness (QED) is 0.213. The third-order valence-electron chi connectivity index (χ3n) is 7.32. The number of nitrogens with zero attached hydrogens (tertiary/aromatic N) is 2. The Hall–Kier alpha value is -2.36. The predicted octanol–water partition coefficient (Wildman–Crippen LogP) is 10.1. The summed E-state index contributed by atoms with van der Waals surface area (Å²) in [5.41, 5.74) is 4.73. The van der Waals surface area contributed by atoms with Gasteiger partial charge < -0.3 is 9.13 Å². The standard InChI is InChI=1S/C28H18Cl4N2/c29-15-1-5-23-19(11-15)20-12-16(30)2-6-24(20)33(23)27-9-10-28(27)34-25-7-3-17(31)13-21(25)22-14-18(32)4-8-26(22)34/h1-8,11-14,27-28H,9-10H2/t27-,28-/m1/s1. The molecule has 6 heteroatoms. The molecule has 4 aromatic carbocycles. The van der Waals surface area contributed by atoms with Crippen LogP contribution in [0, 0.1) is 0 Å². The van der Waals surface area contributed by atoms with Crippen molar-refractivity contribution in [3.8, 4) is 0 Å². The van der Waals surface area contributed by atoms with Gasteiger partial charge in [0.25, 0.3) is 0 Å². The fourth-order valence-electron chi connectivity index (χ4n) is 5.78. The van der Waals surface area contributed by atoms with E-state index in [0.29, 0.717) is 12.1 Å². The number of hydrogen-bond acceptors (Lipinski definition) is 0. The van der Waals surface area contributed by atoms with E-state index in [4.69, 9.17) is 46.4 Å². The van der Waals surface area contributed by atoms with Gasteiger partial charge in [0.05, 0.1) is 12.1 Å². The van der Waals surface area contributed by atoms with Crippen LogP contribution in [-0.4, -0.2) is 9.13 Å². The van der Waals surface area contributed by atoms with Crippen molar-refractivity contribution in [2.24, 2.45) is 0 Å². The monoisotopic (exact) mass is 522 g/mol. The van der Waals surface area contributed by atoms with Crippen LogP contribution in [-0.2, 0) is 0 Å². The highest BCUT2D eigenvalue weighted by Gasteiger charge is 2.37. The highest BCUT2D eigenvalue weighted by Crippen LogP contribution is 2.50. The van der Waals surface area contributed by atoms with Crippen LogP contribution in [0.1, 0.15) is 24.9 Å². The summed E-state index contributed by atoms with van der Waals surface area (Å²) in [6.07, 6.45) is 2.19. The summed E-state index contributed by atoms with van der Waals surface area (Å²) in [6.45, 7) is 0. The van der Waals surface area contributed by atoms with E-state index in [1.807, 2.05) is 48.5 Å². The topological polar surface area (TPSA) is 9.86 Å². The summed E-state index contributed by atoms with van der Waals surface area (Å²) in [7, 11) is 0. The maximum absolute atomic E-state index is 6.39. The zero-order valence-corrected chi connectivity index (χ0v) is 20.9. The van der Waals surface area contributed by atoms with Crippen LogP contribution < -0.4 is 0 Å². The smallest absolute Gasteiger partial charge is 0.0551 e. The average molecular weight is 524 g/mol. The Morgan fingerprint density at radius 3 is 0.941 bits per heavy atom. The molecular weight excluding hydrogens is 506 g/mol. The van der Waals surface area contributed by atoms with Crippen LogP contribution in [0.3, 0.4) is 0 Å². The molecule has 2 nitrogen and oxygen atoms in total. The first-order valence-corrected chi connectivity index (χ1v) is 12.8. The normalized spacial score (nSPS) is 18.4. The van der Waals surface area contributed by atoms with Gasteiger partial charge in [-0.15, -0.1) is 0 Å². The molecule has 0 amide bonds. The lowest BCUT2D eigenvalue weighted by atomic mass is 9.85. The second-order valence-electron chi connectivity index (χ2n) is 9.10. The van der Waals surface area contributed by atoms with Crippen molar-refractivity contribution >= 4 is 90.0 Å². The van der Waals surface area contributed by atoms with E-state index in [1.165, 1.54) is 22.1 Å². The zero-order valence-electron chi connectivity index (χ0n) is 17.9. The fraction of sp³-hybridized carbons (Fsp3) is 0.143. The molecular formula is C28H18Cl4N2. The minimum absolute atomic E-state index is 0.299. The van der Waals surface area contributed by atoms with Crippen LogP contribution in [0.5, 0.6) is 0 Å². The third kappa shape index (κ3) is 2.96. The van der Waals surface area contributed by atoms with Gasteiger partial charge in [-0.2, -0.15) is 0 Å². The first kappa shape index (κ1) is 21.0. The van der Waals surface area contributed by atoms with E-state index >= 15 is 0 Å². The van der Waals surface area contributed by atoms with E-state index in [1.54, 1.807) is 0 Å². The van der Waals surface area contributed by atoms with E-state index in [9.17, 15) is 0 Å². The predicted molar refractivity (Wildman–Crippen MR) is 146 cm³/mol. The molecule has 2 heterocycles. The highest BCUT2D eigenvalue weighted by atomic mass is 35.5. The lowest BCUT2D eigenvalue weighted by Gasteiger charge is -2.40. The summed E-state index contributed by atoms with van der Waals surface area (Å²) in [6, 6.07) is 25.2. The van der Waals surface area contributed by atoms with Gasteiger partial charge in [-0.1, -0.05) is 46.4 Å². The molecule has 0 unspecified atom stereocenters. The van der Waals surface area contributed by atoms with Crippen LogP contribution in [0.25, 0.3) is 43.6 Å². The van der Waals surface area contributed by atoms with E-state index in [-0.39, 0.29) is 0 Å². The van der Waals surface area contributed by atoms with E-state index in [2.05, 4.69) is 33.4 Å². The van der Waals surface area contributed by atoms with Gasteiger partial charge >= 0.3 is 0 Å². The van der Waals surface area contributed by atoms with E-state index < -0.39 is 0 Å². The molecule has 0 radical (unpaired) electrons. The number of fused-ring (bicyclic) bond motifs is 6. The SMILES string of the molecule is Clc1ccc2c(c1)c1cc(Cl)ccc1n2[C@@H]1CC[C@H]1n1c2ccc(Cl)cc2c2cc(Cl)ccc21. The van der Waals surface area contributed by atoms with Gasteiger partial charge in [0, 0.05) is 63.7 Å². The summed E-state index contributed by atoms with van der Waals surface area (Å²) >= 11 is 25.6. The van der Waals surface area contributed by atoms with Gasteiger partial charge in [0.1, 0.15) is 0 Å². The Labute approximate surface area is 216 Å². The van der Waals surface area contributed by atoms with Gasteiger partial charge in [-0.25, -0.2) is 0 Å². The van der Waals surface area contributed by atoms with Crippen LogP contribution in [0.4, 0.5) is 0 Å². The molecule has 6 aromatic rings. The molecule has 0 aliphatic heterocycles. The molecule has 0 saturated heterocycles. The molecule has 34 heavy (non-hydrogen) atoms. The number of hydrogen-bond donors (Lipinski definition) is 0. The maximum Gasteiger partial charge on any atom is 0.0551 e. The molecule has 7 rings (SSSR count). The lowest BCUT2D eigenvalue weighted by Crippen LogP contribution is -2.31. The van der Waals surface area contributed by atoms with Crippen LogP contribution in [0.15, 0.2) is 72.8 Å². The van der Waals surface area contributed by atoms with Crippen molar-refractivity contribution in [3.63, 3.8) is 0 Å². The summed E-state index contributed by atoms with van der Waals surface area (Å²) in [5, 5.41) is 7.46. The molecule has 0 spiro atoms. The average Bonchev–Trinajstić information content (AvgIpc) is 3.25. The molecule has 168 valence electrons. The zero-order chi connectivity index (χ0) is 23.1. The molecule has 2 atom stereocenters. The first-order valence-electron chi connectivity index (χ1n) is 11.3. The van der Waals surface area contributed by atoms with Gasteiger partial charge in [0.2, 0.25) is 0 Å². The van der Waals surface area contributed by atoms with Crippen molar-refractivity contribution in [2.75, 3.05) is 0 Å². The van der Waals surface area contributed by atoms with Gasteiger partial charge in [-0.05, 0) is 85.6 Å². The number of aromatic nitrogens is 2. The highest BCUT2D eigenvalue weighted by molar-refractivity contribution is 6.34. The third-order valence-corrected chi connectivity index (χ3v) is 8.26. The molecule has 1 aliphatic rings. The minimum atomic E-state index is 0.299. The Morgan fingerprint density at radius 1 is 0.441 bits per heavy atom. The van der Waals surface area contributed by atoms with Crippen molar-refractivity contribution in [1.82, 2.24) is 9.13 Å². The van der Waals surface area contributed by atoms with Crippen molar-refractivity contribution in [1.29, 1.82) is 0 Å². The van der Waals surface area contributed by atoms with E-state index in [0.717, 1.165) is 54.5 Å². The van der Waals surface area contributed by atoms with Crippen LogP contribution >= 0.6 is 46.4 Å². The van der Waals surface area contributed by atoms with Gasteiger partial charge in [0.15, 0.2) is 0 Å². The molecule has 1 saturated carbocycles. The molecule has 0 N–H and O–H groups in total. The molecule has 1 fully saturated rings. The van der Waals surface area contributed by atoms with Crippen LogP contribution in [0.2, 0.25) is 20.1 Å². The summed E-state index contributed by atoms with van der Waals surface area (Å²) in [4.78, 5) is 0. The fourth-order valence-corrected chi connectivity index (χ4v) is 6.47. The number of halogens is 4. The van der Waals surface area contributed by atoms with Crippen molar-refractivity contribution < 1.29 is 0 Å².